The van der Waals surface area contributed by atoms with Gasteiger partial charge in [-0.05, 0) is 12.5 Å². The Morgan fingerprint density at radius 3 is 2.36 bits per heavy atom. The van der Waals surface area contributed by atoms with Crippen LogP contribution < -0.4 is 0 Å². The molecular formula is C16H22N2O3S. The molecule has 5 nitrogen and oxygen atoms in total. The summed E-state index contributed by atoms with van der Waals surface area (Å²) in [6.45, 7) is 3.21. The van der Waals surface area contributed by atoms with E-state index in [4.69, 9.17) is 5.11 Å². The Labute approximate surface area is 135 Å². The third-order valence-corrected chi connectivity index (χ3v) is 4.99. The third kappa shape index (κ3) is 3.81. The van der Waals surface area contributed by atoms with Crippen LogP contribution in [0.1, 0.15) is 18.5 Å². The lowest BCUT2D eigenvalue weighted by atomic mass is 10.0. The van der Waals surface area contributed by atoms with Gasteiger partial charge in [-0.2, -0.15) is 11.8 Å². The first-order valence-electron chi connectivity index (χ1n) is 7.38. The van der Waals surface area contributed by atoms with Crippen molar-refractivity contribution in [2.45, 2.75) is 19.0 Å². The van der Waals surface area contributed by atoms with E-state index in [2.05, 4.69) is 4.90 Å². The van der Waals surface area contributed by atoms with E-state index in [9.17, 15) is 9.59 Å². The summed E-state index contributed by atoms with van der Waals surface area (Å²) in [5.74, 6) is 0.841. The minimum absolute atomic E-state index is 0.159. The van der Waals surface area contributed by atoms with Crippen LogP contribution in [0.5, 0.6) is 0 Å². The predicted molar refractivity (Wildman–Crippen MR) is 87.9 cm³/mol. The molecule has 2 atom stereocenters. The Morgan fingerprint density at radius 2 is 1.82 bits per heavy atom. The summed E-state index contributed by atoms with van der Waals surface area (Å²) in [7, 11) is 1.57. The molecular weight excluding hydrogens is 300 g/mol. The molecule has 0 saturated carbocycles. The van der Waals surface area contributed by atoms with Crippen molar-refractivity contribution in [1.82, 2.24) is 9.80 Å². The SMILES string of the molecule is CC(C(=O)O)N(C)C(=O)C(c1ccccc1)N1CCSCC1. The molecule has 1 heterocycles. The number of rotatable bonds is 5. The number of hydrogen-bond donors (Lipinski definition) is 1. The highest BCUT2D eigenvalue weighted by Gasteiger charge is 2.33. The summed E-state index contributed by atoms with van der Waals surface area (Å²) in [5.41, 5.74) is 0.920. The van der Waals surface area contributed by atoms with Crippen LogP contribution in [0.2, 0.25) is 0 Å². The van der Waals surface area contributed by atoms with E-state index in [1.54, 1.807) is 7.05 Å². The number of carboxylic acid groups (broad SMARTS) is 1. The topological polar surface area (TPSA) is 60.9 Å². The van der Waals surface area contributed by atoms with Gasteiger partial charge in [-0.1, -0.05) is 30.3 Å². The Bertz CT molecular complexity index is 517. The highest BCUT2D eigenvalue weighted by molar-refractivity contribution is 7.99. The second-order valence-electron chi connectivity index (χ2n) is 5.42. The lowest BCUT2D eigenvalue weighted by Gasteiger charge is -2.36. The largest absolute Gasteiger partial charge is 0.480 e. The van der Waals surface area contributed by atoms with Crippen molar-refractivity contribution in [3.63, 3.8) is 0 Å². The maximum atomic E-state index is 12.9. The van der Waals surface area contributed by atoms with Crippen molar-refractivity contribution < 1.29 is 14.7 Å². The molecule has 0 aromatic heterocycles. The predicted octanol–water partition coefficient (Wildman–Crippen LogP) is 1.71. The number of carbonyl (C=O) groups is 2. The third-order valence-electron chi connectivity index (χ3n) is 4.05. The van der Waals surface area contributed by atoms with Crippen molar-refractivity contribution in [2.24, 2.45) is 0 Å². The first kappa shape index (κ1) is 16.8. The van der Waals surface area contributed by atoms with Gasteiger partial charge in [0.1, 0.15) is 12.1 Å². The van der Waals surface area contributed by atoms with Crippen molar-refractivity contribution in [2.75, 3.05) is 31.6 Å². The van der Waals surface area contributed by atoms with E-state index in [-0.39, 0.29) is 5.91 Å². The molecule has 1 N–H and O–H groups in total. The Kier molecular flexibility index (Phi) is 5.85. The number of nitrogens with zero attached hydrogens (tertiary/aromatic N) is 2. The maximum absolute atomic E-state index is 12.9. The minimum Gasteiger partial charge on any atom is -0.480 e. The number of carboxylic acids is 1. The van der Waals surface area contributed by atoms with E-state index in [0.29, 0.717) is 0 Å². The zero-order valence-electron chi connectivity index (χ0n) is 12.9. The van der Waals surface area contributed by atoms with E-state index in [1.165, 1.54) is 11.8 Å². The van der Waals surface area contributed by atoms with Gasteiger partial charge in [0.15, 0.2) is 0 Å². The van der Waals surface area contributed by atoms with Crippen LogP contribution in [0.4, 0.5) is 0 Å². The Balaban J connectivity index is 2.27. The molecule has 0 spiro atoms. The zero-order valence-corrected chi connectivity index (χ0v) is 13.8. The monoisotopic (exact) mass is 322 g/mol. The van der Waals surface area contributed by atoms with Crippen LogP contribution in [0.25, 0.3) is 0 Å². The second kappa shape index (κ2) is 7.65. The number of thioether (sulfide) groups is 1. The van der Waals surface area contributed by atoms with Gasteiger partial charge in [-0.3, -0.25) is 9.69 Å². The van der Waals surface area contributed by atoms with E-state index >= 15 is 0 Å². The van der Waals surface area contributed by atoms with Crippen LogP contribution in [0, 0.1) is 0 Å². The van der Waals surface area contributed by atoms with Gasteiger partial charge >= 0.3 is 5.97 Å². The van der Waals surface area contributed by atoms with Gasteiger partial charge in [-0.25, -0.2) is 4.79 Å². The maximum Gasteiger partial charge on any atom is 0.326 e. The lowest BCUT2D eigenvalue weighted by Crippen LogP contribution is -2.48. The molecule has 2 unspecified atom stereocenters. The van der Waals surface area contributed by atoms with E-state index < -0.39 is 18.1 Å². The van der Waals surface area contributed by atoms with Crippen LogP contribution in [-0.4, -0.2) is 64.5 Å². The van der Waals surface area contributed by atoms with Gasteiger partial charge in [-0.15, -0.1) is 0 Å². The van der Waals surface area contributed by atoms with Gasteiger partial charge in [0.05, 0.1) is 0 Å². The highest BCUT2D eigenvalue weighted by atomic mass is 32.2. The number of aliphatic carboxylic acids is 1. The summed E-state index contributed by atoms with van der Waals surface area (Å²) in [4.78, 5) is 27.6. The summed E-state index contributed by atoms with van der Waals surface area (Å²) in [6, 6.07) is 8.37. The Morgan fingerprint density at radius 1 is 1.23 bits per heavy atom. The quantitative estimate of drug-likeness (QED) is 0.894. The van der Waals surface area contributed by atoms with Crippen LogP contribution >= 0.6 is 11.8 Å². The lowest BCUT2D eigenvalue weighted by molar-refractivity contribution is -0.150. The number of benzene rings is 1. The normalized spacial score (nSPS) is 18.5. The fourth-order valence-electron chi connectivity index (χ4n) is 2.53. The van der Waals surface area contributed by atoms with E-state index in [0.717, 1.165) is 30.2 Å². The molecule has 1 saturated heterocycles. The Hall–Kier alpha value is -1.53. The van der Waals surface area contributed by atoms with Crippen LogP contribution in [-0.2, 0) is 9.59 Å². The van der Waals surface area contributed by atoms with Crippen molar-refractivity contribution in [3.8, 4) is 0 Å². The van der Waals surface area contributed by atoms with Gasteiger partial charge in [0.25, 0.3) is 0 Å². The van der Waals surface area contributed by atoms with Crippen molar-refractivity contribution in [1.29, 1.82) is 0 Å². The summed E-state index contributed by atoms with van der Waals surface area (Å²) >= 11 is 1.88. The molecule has 1 aromatic carbocycles. The van der Waals surface area contributed by atoms with Gasteiger partial charge in [0.2, 0.25) is 5.91 Å². The first-order chi connectivity index (χ1) is 10.5. The smallest absolute Gasteiger partial charge is 0.326 e. The first-order valence-corrected chi connectivity index (χ1v) is 8.54. The second-order valence-corrected chi connectivity index (χ2v) is 6.65. The zero-order chi connectivity index (χ0) is 16.1. The standard InChI is InChI=1S/C16H22N2O3S/c1-12(16(20)21)17(2)15(19)14(13-6-4-3-5-7-13)18-8-10-22-11-9-18/h3-7,12,14H,8-11H2,1-2H3,(H,20,21). The van der Waals surface area contributed by atoms with Gasteiger partial charge in [0, 0.05) is 31.6 Å². The van der Waals surface area contributed by atoms with Crippen molar-refractivity contribution in [3.05, 3.63) is 35.9 Å². The molecule has 1 aliphatic rings. The average Bonchev–Trinajstić information content (AvgIpc) is 2.55. The van der Waals surface area contributed by atoms with E-state index in [1.807, 2.05) is 42.1 Å². The molecule has 0 bridgehead atoms. The fraction of sp³-hybridized carbons (Fsp3) is 0.500. The molecule has 0 aliphatic carbocycles. The molecule has 1 fully saturated rings. The number of hydrogen-bond acceptors (Lipinski definition) is 4. The molecule has 120 valence electrons. The summed E-state index contributed by atoms with van der Waals surface area (Å²) in [5, 5.41) is 9.15. The highest BCUT2D eigenvalue weighted by Crippen LogP contribution is 2.26. The van der Waals surface area contributed by atoms with Crippen LogP contribution in [0.15, 0.2) is 30.3 Å². The molecule has 22 heavy (non-hydrogen) atoms. The minimum atomic E-state index is -0.989. The molecule has 6 heteroatoms. The molecule has 1 aliphatic heterocycles. The molecule has 1 amide bonds. The summed E-state index contributed by atoms with van der Waals surface area (Å²) in [6.07, 6.45) is 0. The molecule has 0 radical (unpaired) electrons. The average molecular weight is 322 g/mol. The fourth-order valence-corrected chi connectivity index (χ4v) is 3.46. The number of likely N-dealkylation sites (N-methyl/N-ethyl adjacent to an activating group) is 1. The number of carbonyl (C=O) groups excluding carboxylic acids is 1. The summed E-state index contributed by atoms with van der Waals surface area (Å²) < 4.78 is 0. The van der Waals surface area contributed by atoms with Crippen molar-refractivity contribution >= 4 is 23.6 Å². The number of amides is 1. The molecule has 2 rings (SSSR count). The van der Waals surface area contributed by atoms with Gasteiger partial charge < -0.3 is 10.0 Å². The molecule has 1 aromatic rings. The van der Waals surface area contributed by atoms with Crippen LogP contribution in [0.3, 0.4) is 0 Å².